The summed E-state index contributed by atoms with van der Waals surface area (Å²) in [6, 6.07) is 0. The van der Waals surface area contributed by atoms with Gasteiger partial charge >= 0.3 is 10.4 Å². The van der Waals surface area contributed by atoms with Gasteiger partial charge in [0.25, 0.3) is 5.97 Å². The zero-order valence-electron chi connectivity index (χ0n) is 14.6. The van der Waals surface area contributed by atoms with E-state index in [2.05, 4.69) is 15.3 Å². The zero-order chi connectivity index (χ0) is 17.6. The molecule has 140 valence electrons. The van der Waals surface area contributed by atoms with E-state index >= 15 is 0 Å². The maximum Gasteiger partial charge on any atom is 0.404 e. The SMILES string of the molecule is CCCCCCCCCCCCCOS(=O)(=O)OC(O)(O)CC. The number of hydrogen-bond acceptors (Lipinski definition) is 6. The van der Waals surface area contributed by atoms with Crippen LogP contribution in [0.15, 0.2) is 0 Å². The summed E-state index contributed by atoms with van der Waals surface area (Å²) in [5, 5.41) is 18.2. The first-order valence-corrected chi connectivity index (χ1v) is 10.2. The Hall–Kier alpha value is -0.210. The first kappa shape index (κ1) is 22.8. The number of unbranched alkanes of at least 4 members (excludes halogenated alkanes) is 10. The highest BCUT2D eigenvalue weighted by molar-refractivity contribution is 7.81. The van der Waals surface area contributed by atoms with Gasteiger partial charge in [-0.15, -0.1) is 0 Å². The van der Waals surface area contributed by atoms with Crippen LogP contribution in [0, 0.1) is 0 Å². The van der Waals surface area contributed by atoms with Crippen LogP contribution in [0.1, 0.15) is 90.9 Å². The fourth-order valence-corrected chi connectivity index (χ4v) is 2.99. The summed E-state index contributed by atoms with van der Waals surface area (Å²) in [7, 11) is -4.36. The molecule has 23 heavy (non-hydrogen) atoms. The van der Waals surface area contributed by atoms with Gasteiger partial charge in [-0.25, -0.2) is 4.18 Å². The van der Waals surface area contributed by atoms with E-state index in [-0.39, 0.29) is 13.0 Å². The van der Waals surface area contributed by atoms with Crippen LogP contribution in [0.3, 0.4) is 0 Å². The van der Waals surface area contributed by atoms with Gasteiger partial charge in [0.1, 0.15) is 0 Å². The quantitative estimate of drug-likeness (QED) is 0.325. The van der Waals surface area contributed by atoms with Crippen molar-refractivity contribution in [3.05, 3.63) is 0 Å². The van der Waals surface area contributed by atoms with Crippen LogP contribution in [0.5, 0.6) is 0 Å². The van der Waals surface area contributed by atoms with Gasteiger partial charge in [-0.1, -0.05) is 78.1 Å². The third-order valence-corrected chi connectivity index (χ3v) is 4.60. The second kappa shape index (κ2) is 13.1. The van der Waals surface area contributed by atoms with E-state index in [1.54, 1.807) is 0 Å². The maximum absolute atomic E-state index is 11.3. The molecule has 0 unspecified atom stereocenters. The lowest BCUT2D eigenvalue weighted by Crippen LogP contribution is -2.34. The summed E-state index contributed by atoms with van der Waals surface area (Å²) in [6.07, 6.45) is 12.5. The molecule has 0 bridgehead atoms. The molecule has 0 saturated heterocycles. The van der Waals surface area contributed by atoms with E-state index < -0.39 is 16.4 Å². The minimum absolute atomic E-state index is 0.000848. The molecule has 0 rings (SSSR count). The first-order chi connectivity index (χ1) is 10.8. The Morgan fingerprint density at radius 3 is 1.65 bits per heavy atom. The predicted molar refractivity (Wildman–Crippen MR) is 89.9 cm³/mol. The van der Waals surface area contributed by atoms with Gasteiger partial charge in [0.05, 0.1) is 6.61 Å². The molecule has 0 saturated carbocycles. The number of hydrogen-bond donors (Lipinski definition) is 2. The topological polar surface area (TPSA) is 93.1 Å². The molecular formula is C16H34O6S. The molecule has 0 aliphatic heterocycles. The van der Waals surface area contributed by atoms with Crippen molar-refractivity contribution in [1.29, 1.82) is 0 Å². The Bertz CT molecular complexity index is 367. The highest BCUT2D eigenvalue weighted by Crippen LogP contribution is 2.14. The molecule has 2 N–H and O–H groups in total. The lowest BCUT2D eigenvalue weighted by molar-refractivity contribution is -0.293. The minimum atomic E-state index is -4.36. The Kier molecular flexibility index (Phi) is 13.0. The summed E-state index contributed by atoms with van der Waals surface area (Å²) >= 11 is 0. The van der Waals surface area contributed by atoms with Crippen molar-refractivity contribution >= 4 is 10.4 Å². The molecule has 7 heteroatoms. The molecule has 0 atom stereocenters. The molecular weight excluding hydrogens is 320 g/mol. The summed E-state index contributed by atoms with van der Waals surface area (Å²) in [5.74, 6) is -2.70. The van der Waals surface area contributed by atoms with Crippen molar-refractivity contribution in [3.63, 3.8) is 0 Å². The van der Waals surface area contributed by atoms with Crippen molar-refractivity contribution in [2.45, 2.75) is 96.9 Å². The fraction of sp³-hybridized carbons (Fsp3) is 1.00. The maximum atomic E-state index is 11.3. The Morgan fingerprint density at radius 2 is 1.22 bits per heavy atom. The second-order valence-corrected chi connectivity index (χ2v) is 7.16. The average molecular weight is 355 g/mol. The van der Waals surface area contributed by atoms with Crippen molar-refractivity contribution < 1.29 is 27.0 Å². The standard InChI is InChI=1S/C16H34O6S/c1-3-5-6-7-8-9-10-11-12-13-14-15-21-23(19,20)22-16(17,18)4-2/h17-18H,3-15H2,1-2H3. The smallest absolute Gasteiger partial charge is 0.343 e. The third kappa shape index (κ3) is 15.1. The molecule has 0 aromatic heterocycles. The van der Waals surface area contributed by atoms with Crippen LogP contribution < -0.4 is 0 Å². The molecule has 0 aromatic rings. The van der Waals surface area contributed by atoms with E-state index in [4.69, 9.17) is 10.2 Å². The largest absolute Gasteiger partial charge is 0.404 e. The second-order valence-electron chi connectivity index (χ2n) is 5.95. The van der Waals surface area contributed by atoms with Crippen LogP contribution >= 0.6 is 0 Å². The van der Waals surface area contributed by atoms with Gasteiger partial charge in [0, 0.05) is 6.42 Å². The summed E-state index contributed by atoms with van der Waals surface area (Å²) in [4.78, 5) is 0. The Labute approximate surface area is 141 Å². The van der Waals surface area contributed by atoms with Crippen molar-refractivity contribution in [3.8, 4) is 0 Å². The molecule has 0 spiro atoms. The summed E-state index contributed by atoms with van der Waals surface area (Å²) in [5.41, 5.74) is 0. The highest BCUT2D eigenvalue weighted by Gasteiger charge is 2.30. The number of rotatable bonds is 16. The van der Waals surface area contributed by atoms with Gasteiger partial charge in [-0.3, -0.25) is 0 Å². The minimum Gasteiger partial charge on any atom is -0.343 e. The van der Waals surface area contributed by atoms with Gasteiger partial charge in [-0.05, 0) is 6.42 Å². The van der Waals surface area contributed by atoms with E-state index in [1.165, 1.54) is 51.9 Å². The number of aliphatic hydroxyl groups is 2. The van der Waals surface area contributed by atoms with Crippen LogP contribution in [0.2, 0.25) is 0 Å². The molecule has 0 aliphatic carbocycles. The first-order valence-electron chi connectivity index (χ1n) is 8.87. The Morgan fingerprint density at radius 1 is 0.783 bits per heavy atom. The van der Waals surface area contributed by atoms with Crippen LogP contribution in [-0.4, -0.2) is 31.2 Å². The monoisotopic (exact) mass is 354 g/mol. The van der Waals surface area contributed by atoms with Gasteiger partial charge < -0.3 is 10.2 Å². The van der Waals surface area contributed by atoms with Crippen LogP contribution in [-0.2, 0) is 18.8 Å². The van der Waals surface area contributed by atoms with Crippen molar-refractivity contribution in [1.82, 2.24) is 0 Å². The molecule has 0 aliphatic rings. The van der Waals surface area contributed by atoms with Gasteiger partial charge in [0.2, 0.25) is 0 Å². The van der Waals surface area contributed by atoms with Crippen molar-refractivity contribution in [2.75, 3.05) is 6.61 Å². The molecule has 6 nitrogen and oxygen atoms in total. The van der Waals surface area contributed by atoms with E-state index in [9.17, 15) is 8.42 Å². The normalized spacial score (nSPS) is 12.7. The van der Waals surface area contributed by atoms with Gasteiger partial charge in [-0.2, -0.15) is 12.6 Å². The molecule has 0 aromatic carbocycles. The van der Waals surface area contributed by atoms with Crippen molar-refractivity contribution in [2.24, 2.45) is 0 Å². The van der Waals surface area contributed by atoms with Crippen LogP contribution in [0.4, 0.5) is 0 Å². The third-order valence-electron chi connectivity index (χ3n) is 3.67. The molecule has 0 radical (unpaired) electrons. The molecule has 0 fully saturated rings. The average Bonchev–Trinajstić information content (AvgIpc) is 2.47. The predicted octanol–water partition coefficient (Wildman–Crippen LogP) is 3.62. The fourth-order valence-electron chi connectivity index (χ4n) is 2.17. The molecule has 0 amide bonds. The van der Waals surface area contributed by atoms with E-state index in [1.807, 2.05) is 0 Å². The zero-order valence-corrected chi connectivity index (χ0v) is 15.4. The van der Waals surface area contributed by atoms with Crippen LogP contribution in [0.25, 0.3) is 0 Å². The summed E-state index contributed by atoms with van der Waals surface area (Å²) < 4.78 is 31.4. The highest BCUT2D eigenvalue weighted by atomic mass is 32.3. The summed E-state index contributed by atoms with van der Waals surface area (Å²) in [6.45, 7) is 3.60. The van der Waals surface area contributed by atoms with E-state index in [0.29, 0.717) is 6.42 Å². The Balaban J connectivity index is 3.45. The lowest BCUT2D eigenvalue weighted by Gasteiger charge is -2.18. The lowest BCUT2D eigenvalue weighted by atomic mass is 10.1. The van der Waals surface area contributed by atoms with E-state index in [0.717, 1.165) is 19.3 Å². The molecule has 0 heterocycles. The van der Waals surface area contributed by atoms with Gasteiger partial charge in [0.15, 0.2) is 0 Å².